The maximum Gasteiger partial charge on any atom is 0.218 e. The van der Waals surface area contributed by atoms with Crippen LogP contribution in [0.1, 0.15) is 36.4 Å². The SMILES string of the molecule is NC(=O)CC(c1cnn(-c2ccc(F)cc2)n1)C1CCN(CCc2ccccc2)CC1. The first-order valence-electron chi connectivity index (χ1n) is 10.8. The molecule has 1 amide bonds. The third-order valence-corrected chi connectivity index (χ3v) is 6.13. The number of hydrogen-bond donors (Lipinski definition) is 1. The summed E-state index contributed by atoms with van der Waals surface area (Å²) in [5.74, 6) is -0.351. The maximum absolute atomic E-state index is 13.2. The van der Waals surface area contributed by atoms with Crippen LogP contribution in [0.4, 0.5) is 4.39 Å². The summed E-state index contributed by atoms with van der Waals surface area (Å²) in [5, 5.41) is 8.93. The van der Waals surface area contributed by atoms with Crippen molar-refractivity contribution in [1.82, 2.24) is 19.9 Å². The zero-order valence-electron chi connectivity index (χ0n) is 17.5. The average Bonchev–Trinajstić information content (AvgIpc) is 3.27. The molecule has 0 saturated carbocycles. The quantitative estimate of drug-likeness (QED) is 0.605. The molecule has 1 aromatic heterocycles. The van der Waals surface area contributed by atoms with Gasteiger partial charge in [-0.05, 0) is 68.1 Å². The fraction of sp³-hybridized carbons (Fsp3) is 0.375. The highest BCUT2D eigenvalue weighted by molar-refractivity contribution is 5.74. The topological polar surface area (TPSA) is 77.0 Å². The Labute approximate surface area is 181 Å². The molecular formula is C24H28FN5O. The second-order valence-electron chi connectivity index (χ2n) is 8.23. The van der Waals surface area contributed by atoms with Crippen LogP contribution in [0.2, 0.25) is 0 Å². The molecular weight excluding hydrogens is 393 g/mol. The van der Waals surface area contributed by atoms with Gasteiger partial charge in [-0.25, -0.2) is 4.39 Å². The molecule has 0 radical (unpaired) electrons. The molecule has 1 unspecified atom stereocenters. The number of aromatic nitrogens is 3. The number of amides is 1. The summed E-state index contributed by atoms with van der Waals surface area (Å²) in [6.07, 6.45) is 5.00. The monoisotopic (exact) mass is 421 g/mol. The maximum atomic E-state index is 13.2. The normalized spacial score (nSPS) is 16.3. The lowest BCUT2D eigenvalue weighted by atomic mass is 9.80. The second kappa shape index (κ2) is 9.83. The molecule has 1 aliphatic rings. The molecule has 3 aromatic rings. The molecule has 31 heavy (non-hydrogen) atoms. The van der Waals surface area contributed by atoms with E-state index in [9.17, 15) is 9.18 Å². The number of halogens is 1. The van der Waals surface area contributed by atoms with Crippen molar-refractivity contribution in [2.24, 2.45) is 11.7 Å². The van der Waals surface area contributed by atoms with Crippen LogP contribution in [0.5, 0.6) is 0 Å². The Morgan fingerprint density at radius 2 is 1.81 bits per heavy atom. The van der Waals surface area contributed by atoms with E-state index in [4.69, 9.17) is 5.73 Å². The lowest BCUT2D eigenvalue weighted by Crippen LogP contribution is -2.37. The van der Waals surface area contributed by atoms with Crippen LogP contribution in [-0.4, -0.2) is 45.4 Å². The summed E-state index contributed by atoms with van der Waals surface area (Å²) in [6.45, 7) is 3.04. The average molecular weight is 422 g/mol. The largest absolute Gasteiger partial charge is 0.370 e. The molecule has 7 heteroatoms. The van der Waals surface area contributed by atoms with Crippen molar-refractivity contribution in [1.29, 1.82) is 0 Å². The van der Waals surface area contributed by atoms with Crippen molar-refractivity contribution < 1.29 is 9.18 Å². The fourth-order valence-corrected chi connectivity index (χ4v) is 4.38. The zero-order chi connectivity index (χ0) is 21.6. The minimum atomic E-state index is -0.326. The summed E-state index contributed by atoms with van der Waals surface area (Å²) in [4.78, 5) is 15.7. The number of piperidine rings is 1. The van der Waals surface area contributed by atoms with Crippen LogP contribution in [0.3, 0.4) is 0 Å². The van der Waals surface area contributed by atoms with Crippen molar-refractivity contribution in [2.75, 3.05) is 19.6 Å². The molecule has 1 fully saturated rings. The number of benzene rings is 2. The van der Waals surface area contributed by atoms with E-state index in [2.05, 4.69) is 39.4 Å². The standard InChI is InChI=1S/C24H28FN5O/c25-20-6-8-21(9-7-20)30-27-17-23(28-30)22(16-24(26)31)19-11-14-29(15-12-19)13-10-18-4-2-1-3-5-18/h1-9,17,19,22H,10-16H2,(H2,26,31). The fourth-order valence-electron chi connectivity index (χ4n) is 4.38. The molecule has 162 valence electrons. The van der Waals surface area contributed by atoms with Gasteiger partial charge in [-0.1, -0.05) is 30.3 Å². The Balaban J connectivity index is 1.39. The van der Waals surface area contributed by atoms with E-state index in [1.54, 1.807) is 18.3 Å². The Kier molecular flexibility index (Phi) is 6.72. The predicted molar refractivity (Wildman–Crippen MR) is 117 cm³/mol. The number of nitrogens with zero attached hydrogens (tertiary/aromatic N) is 4. The summed E-state index contributed by atoms with van der Waals surface area (Å²) < 4.78 is 13.2. The third kappa shape index (κ3) is 5.55. The van der Waals surface area contributed by atoms with Crippen molar-refractivity contribution in [2.45, 2.75) is 31.6 Å². The van der Waals surface area contributed by atoms with E-state index in [0.717, 1.165) is 44.6 Å². The van der Waals surface area contributed by atoms with Crippen LogP contribution in [0.25, 0.3) is 5.69 Å². The number of carbonyl (C=O) groups excluding carboxylic acids is 1. The van der Waals surface area contributed by atoms with Gasteiger partial charge in [-0.2, -0.15) is 15.0 Å². The van der Waals surface area contributed by atoms with E-state index < -0.39 is 0 Å². The van der Waals surface area contributed by atoms with Gasteiger partial charge >= 0.3 is 0 Å². The Bertz CT molecular complexity index is 981. The smallest absolute Gasteiger partial charge is 0.218 e. The van der Waals surface area contributed by atoms with E-state index in [0.29, 0.717) is 11.6 Å². The highest BCUT2D eigenvalue weighted by Gasteiger charge is 2.30. The molecule has 2 aromatic carbocycles. The number of carbonyl (C=O) groups is 1. The highest BCUT2D eigenvalue weighted by atomic mass is 19.1. The second-order valence-corrected chi connectivity index (χ2v) is 8.23. The summed E-state index contributed by atoms with van der Waals surface area (Å²) in [5.41, 5.74) is 8.37. The van der Waals surface area contributed by atoms with E-state index in [1.165, 1.54) is 22.5 Å². The van der Waals surface area contributed by atoms with Crippen LogP contribution >= 0.6 is 0 Å². The predicted octanol–water partition coefficient (Wildman–Crippen LogP) is 3.32. The molecule has 6 nitrogen and oxygen atoms in total. The van der Waals surface area contributed by atoms with Crippen LogP contribution in [0.15, 0.2) is 60.8 Å². The minimum Gasteiger partial charge on any atom is -0.370 e. The van der Waals surface area contributed by atoms with Crippen LogP contribution in [0, 0.1) is 11.7 Å². The zero-order valence-corrected chi connectivity index (χ0v) is 17.5. The summed E-state index contributed by atoms with van der Waals surface area (Å²) >= 11 is 0. The van der Waals surface area contributed by atoms with Crippen LogP contribution in [-0.2, 0) is 11.2 Å². The molecule has 4 rings (SSSR count). The number of primary amides is 1. The van der Waals surface area contributed by atoms with E-state index in [-0.39, 0.29) is 24.1 Å². The Morgan fingerprint density at radius 3 is 2.48 bits per heavy atom. The number of hydrogen-bond acceptors (Lipinski definition) is 4. The molecule has 1 atom stereocenters. The molecule has 2 N–H and O–H groups in total. The van der Waals surface area contributed by atoms with Gasteiger partial charge < -0.3 is 10.6 Å². The molecule has 0 aliphatic carbocycles. The summed E-state index contributed by atoms with van der Waals surface area (Å²) in [6, 6.07) is 16.6. The van der Waals surface area contributed by atoms with Gasteiger partial charge in [-0.3, -0.25) is 4.79 Å². The first kappa shape index (κ1) is 21.2. The minimum absolute atomic E-state index is 0.0528. The number of rotatable bonds is 8. The third-order valence-electron chi connectivity index (χ3n) is 6.13. The number of nitrogens with two attached hydrogens (primary N) is 1. The van der Waals surface area contributed by atoms with E-state index in [1.807, 2.05) is 6.07 Å². The molecule has 1 aliphatic heterocycles. The van der Waals surface area contributed by atoms with Gasteiger partial charge in [0.25, 0.3) is 0 Å². The Morgan fingerprint density at radius 1 is 1.10 bits per heavy atom. The van der Waals surface area contributed by atoms with Crippen molar-refractivity contribution in [3.05, 3.63) is 77.9 Å². The van der Waals surface area contributed by atoms with Gasteiger partial charge in [0.05, 0.1) is 17.6 Å². The molecule has 2 heterocycles. The van der Waals surface area contributed by atoms with E-state index >= 15 is 0 Å². The molecule has 1 saturated heterocycles. The van der Waals surface area contributed by atoms with Gasteiger partial charge in [0.2, 0.25) is 5.91 Å². The van der Waals surface area contributed by atoms with Gasteiger partial charge in [0, 0.05) is 18.9 Å². The summed E-state index contributed by atoms with van der Waals surface area (Å²) in [7, 11) is 0. The van der Waals surface area contributed by atoms with Crippen molar-refractivity contribution in [3.8, 4) is 5.69 Å². The molecule has 0 spiro atoms. The first-order valence-corrected chi connectivity index (χ1v) is 10.8. The van der Waals surface area contributed by atoms with Gasteiger partial charge in [0.1, 0.15) is 5.82 Å². The van der Waals surface area contributed by atoms with Gasteiger partial charge in [-0.15, -0.1) is 0 Å². The van der Waals surface area contributed by atoms with Crippen LogP contribution < -0.4 is 5.73 Å². The number of likely N-dealkylation sites (tertiary alicyclic amines) is 1. The highest BCUT2D eigenvalue weighted by Crippen LogP contribution is 2.34. The molecule has 0 bridgehead atoms. The van der Waals surface area contributed by atoms with Gasteiger partial charge in [0.15, 0.2) is 0 Å². The Hall–Kier alpha value is -3.06. The first-order chi connectivity index (χ1) is 15.1. The van der Waals surface area contributed by atoms with Crippen molar-refractivity contribution in [3.63, 3.8) is 0 Å². The lowest BCUT2D eigenvalue weighted by Gasteiger charge is -2.35. The van der Waals surface area contributed by atoms with Crippen molar-refractivity contribution >= 4 is 5.91 Å². The lowest BCUT2D eigenvalue weighted by molar-refractivity contribution is -0.118.